The van der Waals surface area contributed by atoms with Crippen molar-refractivity contribution in [2.24, 2.45) is 0 Å². The lowest BCUT2D eigenvalue weighted by Crippen LogP contribution is -2.18. The number of aryl methyl sites for hydroxylation is 1. The zero-order valence-corrected chi connectivity index (χ0v) is 10.0. The Balaban J connectivity index is 2.85. The van der Waals surface area contributed by atoms with Crippen LogP contribution in [-0.2, 0) is 0 Å². The number of aliphatic hydroxyl groups excluding tert-OH is 2. The van der Waals surface area contributed by atoms with E-state index in [1.807, 2.05) is 0 Å². The van der Waals surface area contributed by atoms with Crippen LogP contribution < -0.4 is 0 Å². The molecule has 0 aliphatic heterocycles. The highest BCUT2D eigenvalue weighted by atomic mass is 79.9. The van der Waals surface area contributed by atoms with Gasteiger partial charge in [0.05, 0.1) is 6.10 Å². The van der Waals surface area contributed by atoms with E-state index in [1.165, 1.54) is 12.1 Å². The summed E-state index contributed by atoms with van der Waals surface area (Å²) >= 11 is 3.17. The standard InChI is InChI=1S/C11H14BrFO2/c1-7-4-8(6-9(13)5-7)11(15)10(14)2-3-12/h4-6,10-11,14-15H,2-3H2,1H3. The van der Waals surface area contributed by atoms with Crippen molar-refractivity contribution in [3.8, 4) is 0 Å². The van der Waals surface area contributed by atoms with Gasteiger partial charge in [-0.15, -0.1) is 0 Å². The Morgan fingerprint density at radius 2 is 2.00 bits per heavy atom. The highest BCUT2D eigenvalue weighted by molar-refractivity contribution is 9.09. The van der Waals surface area contributed by atoms with E-state index < -0.39 is 18.0 Å². The van der Waals surface area contributed by atoms with Gasteiger partial charge in [0.2, 0.25) is 0 Å². The smallest absolute Gasteiger partial charge is 0.123 e. The minimum Gasteiger partial charge on any atom is -0.390 e. The molecule has 15 heavy (non-hydrogen) atoms. The quantitative estimate of drug-likeness (QED) is 0.829. The first kappa shape index (κ1) is 12.6. The topological polar surface area (TPSA) is 40.5 Å². The summed E-state index contributed by atoms with van der Waals surface area (Å²) in [4.78, 5) is 0. The summed E-state index contributed by atoms with van der Waals surface area (Å²) < 4.78 is 13.0. The van der Waals surface area contributed by atoms with E-state index in [0.29, 0.717) is 17.3 Å². The number of rotatable bonds is 4. The van der Waals surface area contributed by atoms with Crippen molar-refractivity contribution in [2.45, 2.75) is 25.6 Å². The highest BCUT2D eigenvalue weighted by Gasteiger charge is 2.18. The summed E-state index contributed by atoms with van der Waals surface area (Å²) in [6.45, 7) is 1.75. The van der Waals surface area contributed by atoms with E-state index in [2.05, 4.69) is 15.9 Å². The fourth-order valence-electron chi connectivity index (χ4n) is 1.43. The molecule has 1 aromatic carbocycles. The van der Waals surface area contributed by atoms with E-state index in [4.69, 9.17) is 0 Å². The number of benzene rings is 1. The van der Waals surface area contributed by atoms with Gasteiger partial charge in [0.15, 0.2) is 0 Å². The number of aliphatic hydroxyl groups is 2. The lowest BCUT2D eigenvalue weighted by molar-refractivity contribution is 0.0172. The molecule has 1 rings (SSSR count). The molecule has 0 spiro atoms. The van der Waals surface area contributed by atoms with Gasteiger partial charge < -0.3 is 10.2 Å². The van der Waals surface area contributed by atoms with Crippen LogP contribution >= 0.6 is 15.9 Å². The molecule has 84 valence electrons. The maximum atomic E-state index is 13.0. The lowest BCUT2D eigenvalue weighted by atomic mass is 10.0. The van der Waals surface area contributed by atoms with Gasteiger partial charge in [-0.2, -0.15) is 0 Å². The van der Waals surface area contributed by atoms with Gasteiger partial charge in [0.1, 0.15) is 11.9 Å². The average molecular weight is 277 g/mol. The first-order chi connectivity index (χ1) is 7.04. The second-order valence-corrected chi connectivity index (χ2v) is 4.34. The molecule has 0 aliphatic carbocycles. The van der Waals surface area contributed by atoms with Crippen molar-refractivity contribution >= 4 is 15.9 Å². The summed E-state index contributed by atoms with van der Waals surface area (Å²) in [5, 5.41) is 19.9. The van der Waals surface area contributed by atoms with Crippen molar-refractivity contribution in [1.29, 1.82) is 0 Å². The molecular weight excluding hydrogens is 263 g/mol. The highest BCUT2D eigenvalue weighted by Crippen LogP contribution is 2.21. The summed E-state index contributed by atoms with van der Waals surface area (Å²) in [7, 11) is 0. The predicted molar refractivity (Wildman–Crippen MR) is 60.5 cm³/mol. The third kappa shape index (κ3) is 3.55. The first-order valence-electron chi connectivity index (χ1n) is 4.73. The summed E-state index contributed by atoms with van der Waals surface area (Å²) in [5.41, 5.74) is 1.15. The van der Waals surface area contributed by atoms with Crippen molar-refractivity contribution in [3.63, 3.8) is 0 Å². The van der Waals surface area contributed by atoms with Crippen LogP contribution in [0.3, 0.4) is 0 Å². The van der Waals surface area contributed by atoms with Crippen LogP contribution in [0.4, 0.5) is 4.39 Å². The molecule has 1 aromatic rings. The third-order valence-electron chi connectivity index (χ3n) is 2.18. The molecule has 0 aliphatic rings. The molecule has 4 heteroatoms. The SMILES string of the molecule is Cc1cc(F)cc(C(O)C(O)CCBr)c1. The van der Waals surface area contributed by atoms with Crippen LogP contribution in [0.15, 0.2) is 18.2 Å². The second kappa shape index (κ2) is 5.58. The van der Waals surface area contributed by atoms with Crippen LogP contribution in [0.5, 0.6) is 0 Å². The van der Waals surface area contributed by atoms with Crippen LogP contribution in [-0.4, -0.2) is 21.6 Å². The van der Waals surface area contributed by atoms with Gasteiger partial charge >= 0.3 is 0 Å². The van der Waals surface area contributed by atoms with E-state index >= 15 is 0 Å². The molecule has 0 saturated carbocycles. The number of halogens is 2. The lowest BCUT2D eigenvalue weighted by Gasteiger charge is -2.17. The Morgan fingerprint density at radius 3 is 2.53 bits per heavy atom. The Hall–Kier alpha value is -0.450. The molecule has 2 nitrogen and oxygen atoms in total. The fraction of sp³-hybridized carbons (Fsp3) is 0.455. The Kier molecular flexibility index (Phi) is 4.70. The third-order valence-corrected chi connectivity index (χ3v) is 2.63. The van der Waals surface area contributed by atoms with Gasteiger partial charge in [-0.3, -0.25) is 0 Å². The van der Waals surface area contributed by atoms with Crippen molar-refractivity contribution in [3.05, 3.63) is 35.1 Å². The van der Waals surface area contributed by atoms with E-state index in [1.54, 1.807) is 13.0 Å². The van der Waals surface area contributed by atoms with Crippen molar-refractivity contribution in [1.82, 2.24) is 0 Å². The molecule has 2 atom stereocenters. The predicted octanol–water partition coefficient (Wildman–Crippen LogP) is 2.31. The van der Waals surface area contributed by atoms with Gasteiger partial charge in [-0.05, 0) is 36.6 Å². The molecular formula is C11H14BrFO2. The molecule has 0 radical (unpaired) electrons. The molecule has 0 heterocycles. The maximum absolute atomic E-state index is 13.0. The monoisotopic (exact) mass is 276 g/mol. The van der Waals surface area contributed by atoms with Gasteiger partial charge in [0, 0.05) is 5.33 Å². The summed E-state index contributed by atoms with van der Waals surface area (Å²) in [5.74, 6) is -0.393. The number of hydrogen-bond donors (Lipinski definition) is 2. The number of hydrogen-bond acceptors (Lipinski definition) is 2. The maximum Gasteiger partial charge on any atom is 0.123 e. The minimum absolute atomic E-state index is 0.393. The second-order valence-electron chi connectivity index (χ2n) is 3.55. The first-order valence-corrected chi connectivity index (χ1v) is 5.86. The van der Waals surface area contributed by atoms with E-state index in [-0.39, 0.29) is 0 Å². The molecule has 0 aromatic heterocycles. The van der Waals surface area contributed by atoms with Crippen LogP contribution in [0.1, 0.15) is 23.7 Å². The Bertz CT molecular complexity index is 310. The number of alkyl halides is 1. The Morgan fingerprint density at radius 1 is 1.33 bits per heavy atom. The van der Waals surface area contributed by atoms with E-state index in [9.17, 15) is 14.6 Å². The average Bonchev–Trinajstić information content (AvgIpc) is 2.15. The van der Waals surface area contributed by atoms with Crippen LogP contribution in [0.25, 0.3) is 0 Å². The zero-order valence-electron chi connectivity index (χ0n) is 8.45. The van der Waals surface area contributed by atoms with Gasteiger partial charge in [0.25, 0.3) is 0 Å². The molecule has 0 bridgehead atoms. The van der Waals surface area contributed by atoms with E-state index in [0.717, 1.165) is 5.56 Å². The largest absolute Gasteiger partial charge is 0.390 e. The Labute approximate surface area is 96.9 Å². The molecule has 0 saturated heterocycles. The van der Waals surface area contributed by atoms with Gasteiger partial charge in [-0.1, -0.05) is 22.0 Å². The zero-order chi connectivity index (χ0) is 11.4. The fourth-order valence-corrected chi connectivity index (χ4v) is 1.90. The van der Waals surface area contributed by atoms with Gasteiger partial charge in [-0.25, -0.2) is 4.39 Å². The van der Waals surface area contributed by atoms with Crippen LogP contribution in [0.2, 0.25) is 0 Å². The van der Waals surface area contributed by atoms with Crippen molar-refractivity contribution in [2.75, 3.05) is 5.33 Å². The normalized spacial score (nSPS) is 15.0. The molecule has 0 amide bonds. The molecule has 2 N–H and O–H groups in total. The van der Waals surface area contributed by atoms with Crippen molar-refractivity contribution < 1.29 is 14.6 Å². The van der Waals surface area contributed by atoms with Crippen LogP contribution in [0, 0.1) is 12.7 Å². The summed E-state index contributed by atoms with van der Waals surface area (Å²) in [6.07, 6.45) is -1.47. The molecule has 0 fully saturated rings. The molecule has 2 unspecified atom stereocenters. The summed E-state index contributed by atoms with van der Waals surface area (Å²) in [6, 6.07) is 4.30. The minimum atomic E-state index is -1.03.